The Morgan fingerprint density at radius 1 is 1.19 bits per heavy atom. The lowest BCUT2D eigenvalue weighted by atomic mass is 10.1. The summed E-state index contributed by atoms with van der Waals surface area (Å²) in [6.45, 7) is 6.08. The van der Waals surface area contributed by atoms with Crippen LogP contribution in [0.1, 0.15) is 25.0 Å². The van der Waals surface area contributed by atoms with Crippen molar-refractivity contribution in [2.45, 2.75) is 33.0 Å². The van der Waals surface area contributed by atoms with Crippen LogP contribution in [0, 0.1) is 0 Å². The van der Waals surface area contributed by atoms with Crippen LogP contribution in [-0.2, 0) is 13.1 Å². The molecule has 0 aliphatic heterocycles. The van der Waals surface area contributed by atoms with Crippen LogP contribution in [0.4, 0.5) is 5.69 Å². The van der Waals surface area contributed by atoms with Gasteiger partial charge in [0.05, 0.1) is 0 Å². The van der Waals surface area contributed by atoms with Crippen LogP contribution in [0.15, 0.2) is 47.2 Å². The molecule has 2 aromatic rings. The summed E-state index contributed by atoms with van der Waals surface area (Å²) in [5.41, 5.74) is 3.81. The second kappa shape index (κ2) is 7.57. The largest absolute Gasteiger partial charge is 0.370 e. The zero-order valence-corrected chi connectivity index (χ0v) is 14.4. The molecule has 1 N–H and O–H groups in total. The van der Waals surface area contributed by atoms with Gasteiger partial charge in [-0.2, -0.15) is 0 Å². The van der Waals surface area contributed by atoms with Crippen molar-refractivity contribution in [3.63, 3.8) is 0 Å². The molecule has 0 fully saturated rings. The third kappa shape index (κ3) is 4.83. The number of nitrogens with zero attached hydrogens (tertiary/aromatic N) is 2. The van der Waals surface area contributed by atoms with Gasteiger partial charge in [0.25, 0.3) is 0 Å². The molecule has 0 atom stereocenters. The number of aromatic nitrogens is 1. The van der Waals surface area contributed by atoms with Crippen LogP contribution >= 0.6 is 15.9 Å². The SMILES string of the molecule is CC(C)NCc1ccc(Br)cc1N(C)Cc1ccncc1. The fourth-order valence-corrected chi connectivity index (χ4v) is 2.55. The number of rotatable bonds is 6. The minimum atomic E-state index is 0.479. The minimum absolute atomic E-state index is 0.479. The molecule has 1 heterocycles. The number of anilines is 1. The molecule has 0 saturated carbocycles. The molecule has 0 amide bonds. The topological polar surface area (TPSA) is 28.2 Å². The van der Waals surface area contributed by atoms with Crippen molar-refractivity contribution in [1.29, 1.82) is 0 Å². The number of pyridine rings is 1. The molecule has 0 unspecified atom stereocenters. The number of halogens is 1. The van der Waals surface area contributed by atoms with Gasteiger partial charge in [0.1, 0.15) is 0 Å². The van der Waals surface area contributed by atoms with E-state index in [1.807, 2.05) is 12.4 Å². The minimum Gasteiger partial charge on any atom is -0.370 e. The number of nitrogens with one attached hydrogen (secondary N) is 1. The molecular weight excluding hydrogens is 326 g/mol. The van der Waals surface area contributed by atoms with Crippen LogP contribution in [0.5, 0.6) is 0 Å². The summed E-state index contributed by atoms with van der Waals surface area (Å²) in [4.78, 5) is 6.35. The molecule has 4 heteroatoms. The molecule has 1 aromatic carbocycles. The van der Waals surface area contributed by atoms with Crippen molar-refractivity contribution < 1.29 is 0 Å². The fourth-order valence-electron chi connectivity index (χ4n) is 2.20. The van der Waals surface area contributed by atoms with Crippen molar-refractivity contribution in [3.05, 3.63) is 58.3 Å². The normalized spacial score (nSPS) is 10.9. The maximum atomic E-state index is 4.07. The quantitative estimate of drug-likeness (QED) is 0.856. The Hall–Kier alpha value is -1.39. The first kappa shape index (κ1) is 16.0. The van der Waals surface area contributed by atoms with Crippen LogP contribution in [0.2, 0.25) is 0 Å². The first-order valence-corrected chi connectivity index (χ1v) is 7.97. The molecular formula is C17H22BrN3. The third-order valence-corrected chi connectivity index (χ3v) is 3.82. The fraction of sp³-hybridized carbons (Fsp3) is 0.353. The molecule has 0 saturated heterocycles. The standard InChI is InChI=1S/C17H22BrN3/c1-13(2)20-11-15-4-5-16(18)10-17(15)21(3)12-14-6-8-19-9-7-14/h4-10,13,20H,11-12H2,1-3H3. The van der Waals surface area contributed by atoms with Crippen LogP contribution in [0.25, 0.3) is 0 Å². The number of benzene rings is 1. The molecule has 0 bridgehead atoms. The zero-order valence-electron chi connectivity index (χ0n) is 12.8. The molecule has 0 spiro atoms. The van der Waals surface area contributed by atoms with Crippen molar-refractivity contribution in [3.8, 4) is 0 Å². The van der Waals surface area contributed by atoms with Crippen molar-refractivity contribution in [1.82, 2.24) is 10.3 Å². The highest BCUT2D eigenvalue weighted by atomic mass is 79.9. The number of hydrogen-bond donors (Lipinski definition) is 1. The Morgan fingerprint density at radius 2 is 1.90 bits per heavy atom. The average molecular weight is 348 g/mol. The van der Waals surface area contributed by atoms with E-state index in [0.29, 0.717) is 6.04 Å². The first-order chi connectivity index (χ1) is 10.1. The van der Waals surface area contributed by atoms with Gasteiger partial charge in [0, 0.05) is 48.7 Å². The van der Waals surface area contributed by atoms with Crippen LogP contribution < -0.4 is 10.2 Å². The Labute approximate surface area is 135 Å². The highest BCUT2D eigenvalue weighted by Crippen LogP contribution is 2.25. The summed E-state index contributed by atoms with van der Waals surface area (Å²) in [6, 6.07) is 11.0. The highest BCUT2D eigenvalue weighted by molar-refractivity contribution is 9.10. The van der Waals surface area contributed by atoms with Gasteiger partial charge in [-0.1, -0.05) is 35.8 Å². The molecule has 2 rings (SSSR count). The van der Waals surface area contributed by atoms with E-state index in [1.54, 1.807) is 0 Å². The van der Waals surface area contributed by atoms with Gasteiger partial charge < -0.3 is 10.2 Å². The molecule has 112 valence electrons. The van der Waals surface area contributed by atoms with Crippen LogP contribution in [-0.4, -0.2) is 18.1 Å². The number of hydrogen-bond acceptors (Lipinski definition) is 3. The van der Waals surface area contributed by atoms with Gasteiger partial charge >= 0.3 is 0 Å². The van der Waals surface area contributed by atoms with Gasteiger partial charge in [0.2, 0.25) is 0 Å². The molecule has 0 aliphatic carbocycles. The van der Waals surface area contributed by atoms with Gasteiger partial charge in [-0.25, -0.2) is 0 Å². The van der Waals surface area contributed by atoms with E-state index < -0.39 is 0 Å². The summed E-state index contributed by atoms with van der Waals surface area (Å²) >= 11 is 3.57. The molecule has 0 aliphatic rings. The summed E-state index contributed by atoms with van der Waals surface area (Å²) in [7, 11) is 2.13. The van der Waals surface area contributed by atoms with E-state index in [1.165, 1.54) is 16.8 Å². The lowest BCUT2D eigenvalue weighted by molar-refractivity contribution is 0.588. The van der Waals surface area contributed by atoms with Crippen molar-refractivity contribution in [2.75, 3.05) is 11.9 Å². The zero-order chi connectivity index (χ0) is 15.2. The summed E-state index contributed by atoms with van der Waals surface area (Å²) in [5.74, 6) is 0. The molecule has 1 aromatic heterocycles. The predicted octanol–water partition coefficient (Wildman–Crippen LogP) is 3.98. The van der Waals surface area contributed by atoms with Crippen LogP contribution in [0.3, 0.4) is 0 Å². The Balaban J connectivity index is 2.18. The second-order valence-corrected chi connectivity index (χ2v) is 6.44. The van der Waals surface area contributed by atoms with Gasteiger partial charge in [-0.15, -0.1) is 0 Å². The first-order valence-electron chi connectivity index (χ1n) is 7.18. The lowest BCUT2D eigenvalue weighted by Gasteiger charge is -2.23. The summed E-state index contributed by atoms with van der Waals surface area (Å²) < 4.78 is 1.10. The van der Waals surface area contributed by atoms with Gasteiger partial charge in [0.15, 0.2) is 0 Å². The second-order valence-electron chi connectivity index (χ2n) is 5.52. The maximum absolute atomic E-state index is 4.07. The monoisotopic (exact) mass is 347 g/mol. The molecule has 3 nitrogen and oxygen atoms in total. The average Bonchev–Trinajstić information content (AvgIpc) is 2.46. The van der Waals surface area contributed by atoms with E-state index in [9.17, 15) is 0 Å². The van der Waals surface area contributed by atoms with E-state index in [4.69, 9.17) is 0 Å². The van der Waals surface area contributed by atoms with Crippen molar-refractivity contribution in [2.24, 2.45) is 0 Å². The van der Waals surface area contributed by atoms with Gasteiger partial charge in [-0.05, 0) is 35.4 Å². The lowest BCUT2D eigenvalue weighted by Crippen LogP contribution is -2.24. The third-order valence-electron chi connectivity index (χ3n) is 3.33. The van der Waals surface area contributed by atoms with E-state index >= 15 is 0 Å². The van der Waals surface area contributed by atoms with Crippen molar-refractivity contribution >= 4 is 21.6 Å². The van der Waals surface area contributed by atoms with Gasteiger partial charge in [-0.3, -0.25) is 4.98 Å². The Bertz CT molecular complexity index is 570. The maximum Gasteiger partial charge on any atom is 0.0427 e. The van der Waals surface area contributed by atoms with E-state index in [0.717, 1.165) is 17.6 Å². The smallest absolute Gasteiger partial charge is 0.0427 e. The predicted molar refractivity (Wildman–Crippen MR) is 92.5 cm³/mol. The molecule has 21 heavy (non-hydrogen) atoms. The van der Waals surface area contributed by atoms with E-state index in [-0.39, 0.29) is 0 Å². The highest BCUT2D eigenvalue weighted by Gasteiger charge is 2.09. The van der Waals surface area contributed by atoms with E-state index in [2.05, 4.69) is 82.4 Å². The molecule has 0 radical (unpaired) electrons. The summed E-state index contributed by atoms with van der Waals surface area (Å²) in [6.07, 6.45) is 3.68. The summed E-state index contributed by atoms with van der Waals surface area (Å²) in [5, 5.41) is 3.49. The Morgan fingerprint density at radius 3 is 2.57 bits per heavy atom. The Kier molecular flexibility index (Phi) is 5.76.